The number of likely N-dealkylation sites (N-methyl/N-ethyl adjacent to an activating group) is 2. The number of piperazine rings is 1. The third kappa shape index (κ3) is 4.29. The Morgan fingerprint density at radius 1 is 1.14 bits per heavy atom. The van der Waals surface area contributed by atoms with Crippen molar-refractivity contribution in [3.05, 3.63) is 34.4 Å². The van der Waals surface area contributed by atoms with Gasteiger partial charge in [-0.1, -0.05) is 17.7 Å². The fraction of sp³-hybridized carbons (Fsp3) is 0.667. The standard InChI is InChI=1S/C18H30N2O/c1-13-8-14(2)18(15(3)9-13)11-17(21)10-16-12-19(4)6-7-20(16)5/h8-9,16-17,21H,6-7,10-12H2,1-5H3. The number of aliphatic hydroxyl groups is 1. The number of aryl methyl sites for hydroxylation is 3. The molecule has 0 aliphatic carbocycles. The Balaban J connectivity index is 2.00. The highest BCUT2D eigenvalue weighted by Gasteiger charge is 2.25. The van der Waals surface area contributed by atoms with Crippen LogP contribution in [0.5, 0.6) is 0 Å². The molecule has 21 heavy (non-hydrogen) atoms. The molecule has 0 spiro atoms. The Morgan fingerprint density at radius 3 is 2.38 bits per heavy atom. The Labute approximate surface area is 129 Å². The number of rotatable bonds is 4. The second kappa shape index (κ2) is 6.91. The van der Waals surface area contributed by atoms with Gasteiger partial charge in [0.25, 0.3) is 0 Å². The Hall–Kier alpha value is -0.900. The minimum atomic E-state index is -0.260. The summed E-state index contributed by atoms with van der Waals surface area (Å²) >= 11 is 0. The summed E-state index contributed by atoms with van der Waals surface area (Å²) in [6.07, 6.45) is 1.36. The predicted molar refractivity (Wildman–Crippen MR) is 88.9 cm³/mol. The van der Waals surface area contributed by atoms with Crippen LogP contribution in [0.4, 0.5) is 0 Å². The van der Waals surface area contributed by atoms with Crippen molar-refractivity contribution < 1.29 is 5.11 Å². The van der Waals surface area contributed by atoms with E-state index in [-0.39, 0.29) is 6.10 Å². The molecule has 2 atom stereocenters. The van der Waals surface area contributed by atoms with Crippen LogP contribution in [0.25, 0.3) is 0 Å². The summed E-state index contributed by atoms with van der Waals surface area (Å²) < 4.78 is 0. The first kappa shape index (κ1) is 16.5. The summed E-state index contributed by atoms with van der Waals surface area (Å²) in [6, 6.07) is 4.90. The van der Waals surface area contributed by atoms with E-state index in [0.717, 1.165) is 32.5 Å². The fourth-order valence-electron chi connectivity index (χ4n) is 3.52. The molecule has 3 heteroatoms. The Bertz CT molecular complexity index is 463. The minimum Gasteiger partial charge on any atom is -0.393 e. The van der Waals surface area contributed by atoms with Gasteiger partial charge in [0.1, 0.15) is 0 Å². The zero-order valence-electron chi connectivity index (χ0n) is 14.2. The lowest BCUT2D eigenvalue weighted by atomic mass is 9.92. The minimum absolute atomic E-state index is 0.260. The largest absolute Gasteiger partial charge is 0.393 e. The molecule has 0 bridgehead atoms. The fourth-order valence-corrected chi connectivity index (χ4v) is 3.52. The van der Waals surface area contributed by atoms with Crippen molar-refractivity contribution in [2.75, 3.05) is 33.7 Å². The molecule has 1 saturated heterocycles. The van der Waals surface area contributed by atoms with Crippen molar-refractivity contribution >= 4 is 0 Å². The maximum Gasteiger partial charge on any atom is 0.0596 e. The van der Waals surface area contributed by atoms with Crippen LogP contribution >= 0.6 is 0 Å². The normalized spacial score (nSPS) is 22.5. The smallest absolute Gasteiger partial charge is 0.0596 e. The monoisotopic (exact) mass is 290 g/mol. The number of hydrogen-bond donors (Lipinski definition) is 1. The molecule has 1 fully saturated rings. The molecule has 1 aromatic carbocycles. The maximum atomic E-state index is 10.5. The van der Waals surface area contributed by atoms with Gasteiger partial charge >= 0.3 is 0 Å². The molecule has 2 unspecified atom stereocenters. The third-order valence-corrected chi connectivity index (χ3v) is 4.80. The molecule has 3 nitrogen and oxygen atoms in total. The SMILES string of the molecule is Cc1cc(C)c(CC(O)CC2CN(C)CCN2C)c(C)c1. The second-order valence-corrected chi connectivity index (χ2v) is 6.87. The third-order valence-electron chi connectivity index (χ3n) is 4.80. The summed E-state index contributed by atoms with van der Waals surface area (Å²) in [7, 11) is 4.34. The summed E-state index contributed by atoms with van der Waals surface area (Å²) in [5.41, 5.74) is 5.23. The van der Waals surface area contributed by atoms with Gasteiger partial charge in [-0.05, 0) is 64.4 Å². The van der Waals surface area contributed by atoms with E-state index in [0.29, 0.717) is 6.04 Å². The quantitative estimate of drug-likeness (QED) is 0.920. The maximum absolute atomic E-state index is 10.5. The van der Waals surface area contributed by atoms with Gasteiger partial charge in [0.05, 0.1) is 6.10 Å². The summed E-state index contributed by atoms with van der Waals surface area (Å²) in [5.74, 6) is 0. The first-order chi connectivity index (χ1) is 9.86. The van der Waals surface area contributed by atoms with Gasteiger partial charge in [-0.2, -0.15) is 0 Å². The van der Waals surface area contributed by atoms with E-state index in [9.17, 15) is 5.11 Å². The van der Waals surface area contributed by atoms with Gasteiger partial charge in [0.2, 0.25) is 0 Å². The van der Waals surface area contributed by atoms with Crippen molar-refractivity contribution in [2.24, 2.45) is 0 Å². The molecule has 1 aliphatic rings. The molecule has 1 aromatic rings. The van der Waals surface area contributed by atoms with Gasteiger partial charge in [-0.15, -0.1) is 0 Å². The van der Waals surface area contributed by atoms with E-state index >= 15 is 0 Å². The average Bonchev–Trinajstić information content (AvgIpc) is 2.38. The van der Waals surface area contributed by atoms with E-state index in [1.807, 2.05) is 0 Å². The zero-order valence-corrected chi connectivity index (χ0v) is 14.2. The molecular formula is C18H30N2O. The molecular weight excluding hydrogens is 260 g/mol. The summed E-state index contributed by atoms with van der Waals surface area (Å²) in [4.78, 5) is 4.75. The van der Waals surface area contributed by atoms with Crippen LogP contribution < -0.4 is 0 Å². The van der Waals surface area contributed by atoms with Crippen molar-refractivity contribution in [3.63, 3.8) is 0 Å². The van der Waals surface area contributed by atoms with Crippen LogP contribution in [-0.4, -0.2) is 60.8 Å². The summed E-state index contributed by atoms with van der Waals surface area (Å²) in [5, 5.41) is 10.5. The lowest BCUT2D eigenvalue weighted by Crippen LogP contribution is -2.51. The van der Waals surface area contributed by atoms with Gasteiger partial charge in [0.15, 0.2) is 0 Å². The van der Waals surface area contributed by atoms with E-state index < -0.39 is 0 Å². The molecule has 0 radical (unpaired) electrons. The molecule has 2 rings (SSSR count). The predicted octanol–water partition coefficient (Wildman–Crippen LogP) is 2.15. The van der Waals surface area contributed by atoms with Crippen LogP contribution in [0.3, 0.4) is 0 Å². The van der Waals surface area contributed by atoms with Gasteiger partial charge in [-0.25, -0.2) is 0 Å². The van der Waals surface area contributed by atoms with Crippen molar-refractivity contribution in [2.45, 2.75) is 45.8 Å². The summed E-state index contributed by atoms with van der Waals surface area (Å²) in [6.45, 7) is 9.72. The molecule has 1 heterocycles. The Kier molecular flexibility index (Phi) is 5.42. The highest BCUT2D eigenvalue weighted by molar-refractivity contribution is 5.37. The Morgan fingerprint density at radius 2 is 1.76 bits per heavy atom. The lowest BCUT2D eigenvalue weighted by molar-refractivity contribution is 0.0638. The number of hydrogen-bond acceptors (Lipinski definition) is 3. The average molecular weight is 290 g/mol. The van der Waals surface area contributed by atoms with E-state index in [4.69, 9.17) is 0 Å². The van der Waals surface area contributed by atoms with E-state index in [2.05, 4.69) is 56.8 Å². The first-order valence-corrected chi connectivity index (χ1v) is 8.00. The number of aliphatic hydroxyl groups excluding tert-OH is 1. The molecule has 0 aromatic heterocycles. The van der Waals surface area contributed by atoms with Crippen LogP contribution in [-0.2, 0) is 6.42 Å². The van der Waals surface area contributed by atoms with Crippen LogP contribution in [0.1, 0.15) is 28.7 Å². The van der Waals surface area contributed by atoms with Crippen molar-refractivity contribution in [1.29, 1.82) is 0 Å². The van der Waals surface area contributed by atoms with E-state index in [1.165, 1.54) is 22.3 Å². The molecule has 1 aliphatic heterocycles. The van der Waals surface area contributed by atoms with Gasteiger partial charge in [0, 0.05) is 25.7 Å². The number of benzene rings is 1. The number of nitrogens with zero attached hydrogens (tertiary/aromatic N) is 2. The van der Waals surface area contributed by atoms with Crippen molar-refractivity contribution in [3.8, 4) is 0 Å². The zero-order chi connectivity index (χ0) is 15.6. The first-order valence-electron chi connectivity index (χ1n) is 8.00. The van der Waals surface area contributed by atoms with Crippen LogP contribution in [0.15, 0.2) is 12.1 Å². The van der Waals surface area contributed by atoms with Gasteiger partial charge < -0.3 is 14.9 Å². The van der Waals surface area contributed by atoms with Gasteiger partial charge in [-0.3, -0.25) is 0 Å². The molecule has 1 N–H and O–H groups in total. The lowest BCUT2D eigenvalue weighted by Gasteiger charge is -2.38. The molecule has 118 valence electrons. The second-order valence-electron chi connectivity index (χ2n) is 6.87. The highest BCUT2D eigenvalue weighted by Crippen LogP contribution is 2.20. The topological polar surface area (TPSA) is 26.7 Å². The highest BCUT2D eigenvalue weighted by atomic mass is 16.3. The van der Waals surface area contributed by atoms with Crippen molar-refractivity contribution in [1.82, 2.24) is 9.80 Å². The van der Waals surface area contributed by atoms with Crippen LogP contribution in [0, 0.1) is 20.8 Å². The molecule has 0 saturated carbocycles. The van der Waals surface area contributed by atoms with Crippen LogP contribution in [0.2, 0.25) is 0 Å². The molecule has 0 amide bonds. The van der Waals surface area contributed by atoms with E-state index in [1.54, 1.807) is 0 Å².